The van der Waals surface area contributed by atoms with E-state index < -0.39 is 9.84 Å². The van der Waals surface area contributed by atoms with Crippen molar-refractivity contribution in [2.75, 3.05) is 23.9 Å². The van der Waals surface area contributed by atoms with Gasteiger partial charge in [0.2, 0.25) is 0 Å². The Hall–Kier alpha value is -2.32. The second-order valence-corrected chi connectivity index (χ2v) is 8.67. The molecule has 1 fully saturated rings. The number of aromatic nitrogens is 1. The number of carbonyl (C=O) groups is 1. The third kappa shape index (κ3) is 4.44. The maximum atomic E-state index is 12.4. The van der Waals surface area contributed by atoms with E-state index >= 15 is 0 Å². The van der Waals surface area contributed by atoms with Gasteiger partial charge in [-0.15, -0.1) is 0 Å². The van der Waals surface area contributed by atoms with Crippen LogP contribution in [0.15, 0.2) is 36.7 Å². The average Bonchev–Trinajstić information content (AvgIpc) is 2.94. The lowest BCUT2D eigenvalue weighted by Crippen LogP contribution is -2.35. The van der Waals surface area contributed by atoms with E-state index in [0.717, 1.165) is 0 Å². The topological polar surface area (TPSA) is 97.4 Å². The van der Waals surface area contributed by atoms with Gasteiger partial charge in [0.1, 0.15) is 5.75 Å². The molecule has 7 nitrogen and oxygen atoms in total. The summed E-state index contributed by atoms with van der Waals surface area (Å²) in [6, 6.07) is 6.42. The standard InChI is InChI=1S/C17H18ClN3O4S/c1-25-16-3-2-12(18)7-15(16)20-14-6-11(8-19-9-14)17(22)21-13-4-5-26(23,24)10-13/h2-3,6-9,13,20H,4-5,10H2,1H3,(H,21,22). The third-order valence-electron chi connectivity index (χ3n) is 4.01. The SMILES string of the molecule is COc1ccc(Cl)cc1Nc1cncc(C(=O)NC2CCS(=O)(=O)C2)c1. The number of sulfone groups is 1. The summed E-state index contributed by atoms with van der Waals surface area (Å²) >= 11 is 6.02. The number of benzene rings is 1. The highest BCUT2D eigenvalue weighted by Gasteiger charge is 2.29. The van der Waals surface area contributed by atoms with Crippen LogP contribution in [0.25, 0.3) is 0 Å². The van der Waals surface area contributed by atoms with Crippen molar-refractivity contribution in [2.45, 2.75) is 12.5 Å². The monoisotopic (exact) mass is 395 g/mol. The van der Waals surface area contributed by atoms with E-state index in [9.17, 15) is 13.2 Å². The van der Waals surface area contributed by atoms with Gasteiger partial charge in [0, 0.05) is 17.3 Å². The van der Waals surface area contributed by atoms with Gasteiger partial charge < -0.3 is 15.4 Å². The molecule has 1 aromatic heterocycles. The number of methoxy groups -OCH3 is 1. The minimum absolute atomic E-state index is 0.0240. The number of amides is 1. The zero-order valence-electron chi connectivity index (χ0n) is 14.0. The molecule has 0 spiro atoms. The molecule has 138 valence electrons. The molecule has 0 bridgehead atoms. The predicted molar refractivity (Wildman–Crippen MR) is 100 cm³/mol. The highest BCUT2D eigenvalue weighted by molar-refractivity contribution is 7.91. The van der Waals surface area contributed by atoms with Crippen LogP contribution in [-0.2, 0) is 9.84 Å². The lowest BCUT2D eigenvalue weighted by Gasteiger charge is -2.13. The molecule has 1 aromatic carbocycles. The highest BCUT2D eigenvalue weighted by atomic mass is 35.5. The number of rotatable bonds is 5. The van der Waals surface area contributed by atoms with E-state index in [1.165, 1.54) is 6.20 Å². The molecule has 0 saturated carbocycles. The first-order valence-corrected chi connectivity index (χ1v) is 10.1. The summed E-state index contributed by atoms with van der Waals surface area (Å²) < 4.78 is 28.3. The van der Waals surface area contributed by atoms with Gasteiger partial charge in [-0.25, -0.2) is 8.42 Å². The molecule has 0 radical (unpaired) electrons. The summed E-state index contributed by atoms with van der Waals surface area (Å²) in [4.78, 5) is 16.4. The smallest absolute Gasteiger partial charge is 0.253 e. The zero-order valence-corrected chi connectivity index (χ0v) is 15.6. The van der Waals surface area contributed by atoms with Crippen molar-refractivity contribution in [1.29, 1.82) is 0 Å². The van der Waals surface area contributed by atoms with Gasteiger partial charge in [0.05, 0.1) is 41.8 Å². The molecule has 1 amide bonds. The fourth-order valence-corrected chi connectivity index (χ4v) is 4.59. The molecule has 1 saturated heterocycles. The molecule has 1 atom stereocenters. The summed E-state index contributed by atoms with van der Waals surface area (Å²) in [6.45, 7) is 0. The van der Waals surface area contributed by atoms with E-state index in [-0.39, 0.29) is 23.5 Å². The van der Waals surface area contributed by atoms with Crippen LogP contribution in [0.1, 0.15) is 16.8 Å². The molecule has 1 unspecified atom stereocenters. The molecule has 2 aromatic rings. The summed E-state index contributed by atoms with van der Waals surface area (Å²) in [5.74, 6) is 0.317. The lowest BCUT2D eigenvalue weighted by atomic mass is 10.2. The molecule has 26 heavy (non-hydrogen) atoms. The quantitative estimate of drug-likeness (QED) is 0.806. The van der Waals surface area contributed by atoms with Crippen molar-refractivity contribution >= 4 is 38.7 Å². The first-order chi connectivity index (χ1) is 12.4. The molecule has 1 aliphatic heterocycles. The Bertz CT molecular complexity index is 933. The first-order valence-electron chi connectivity index (χ1n) is 7.93. The van der Waals surface area contributed by atoms with Gasteiger partial charge >= 0.3 is 0 Å². The van der Waals surface area contributed by atoms with Crippen molar-refractivity contribution in [1.82, 2.24) is 10.3 Å². The third-order valence-corrected chi connectivity index (χ3v) is 6.01. The fourth-order valence-electron chi connectivity index (χ4n) is 2.74. The highest BCUT2D eigenvalue weighted by Crippen LogP contribution is 2.30. The van der Waals surface area contributed by atoms with Gasteiger partial charge in [0.25, 0.3) is 5.91 Å². The molecular formula is C17H18ClN3O4S. The Morgan fingerprint density at radius 2 is 2.12 bits per heavy atom. The maximum absolute atomic E-state index is 12.4. The van der Waals surface area contributed by atoms with Crippen molar-refractivity contribution in [3.8, 4) is 5.75 Å². The van der Waals surface area contributed by atoms with E-state index in [4.69, 9.17) is 16.3 Å². The maximum Gasteiger partial charge on any atom is 0.253 e. The van der Waals surface area contributed by atoms with Crippen LogP contribution in [0.3, 0.4) is 0 Å². The fraction of sp³-hybridized carbons (Fsp3) is 0.294. The van der Waals surface area contributed by atoms with Crippen LogP contribution in [-0.4, -0.2) is 44.0 Å². The number of hydrogen-bond donors (Lipinski definition) is 2. The van der Waals surface area contributed by atoms with Crippen LogP contribution in [0, 0.1) is 0 Å². The second-order valence-electron chi connectivity index (χ2n) is 6.01. The molecule has 2 heterocycles. The van der Waals surface area contributed by atoms with E-state index in [0.29, 0.717) is 34.1 Å². The van der Waals surface area contributed by atoms with E-state index in [2.05, 4.69) is 15.6 Å². The first kappa shape index (κ1) is 18.5. The van der Waals surface area contributed by atoms with Crippen LogP contribution < -0.4 is 15.4 Å². The number of ether oxygens (including phenoxy) is 1. The van der Waals surface area contributed by atoms with Gasteiger partial charge in [-0.3, -0.25) is 9.78 Å². The van der Waals surface area contributed by atoms with Crippen molar-refractivity contribution in [2.24, 2.45) is 0 Å². The van der Waals surface area contributed by atoms with Crippen molar-refractivity contribution in [3.05, 3.63) is 47.2 Å². The Kier molecular flexibility index (Phi) is 5.33. The number of halogens is 1. The Balaban J connectivity index is 1.74. The Morgan fingerprint density at radius 3 is 2.81 bits per heavy atom. The second kappa shape index (κ2) is 7.51. The van der Waals surface area contributed by atoms with Crippen LogP contribution in [0.5, 0.6) is 5.75 Å². The molecule has 3 rings (SSSR count). The summed E-state index contributed by atoms with van der Waals surface area (Å²) in [5.41, 5.74) is 1.55. The largest absolute Gasteiger partial charge is 0.495 e. The summed E-state index contributed by atoms with van der Waals surface area (Å²) in [7, 11) is -1.51. The van der Waals surface area contributed by atoms with Gasteiger partial charge in [-0.05, 0) is 30.7 Å². The predicted octanol–water partition coefficient (Wildman–Crippen LogP) is 2.40. The average molecular weight is 396 g/mol. The van der Waals surface area contributed by atoms with Crippen LogP contribution >= 0.6 is 11.6 Å². The number of hydrogen-bond acceptors (Lipinski definition) is 6. The van der Waals surface area contributed by atoms with Crippen LogP contribution in [0.4, 0.5) is 11.4 Å². The molecule has 1 aliphatic rings. The number of anilines is 2. The minimum Gasteiger partial charge on any atom is -0.495 e. The number of nitrogens with zero attached hydrogens (tertiary/aromatic N) is 1. The minimum atomic E-state index is -3.05. The Morgan fingerprint density at radius 1 is 1.31 bits per heavy atom. The normalized spacial score (nSPS) is 18.3. The zero-order chi connectivity index (χ0) is 18.7. The van der Waals surface area contributed by atoms with Crippen molar-refractivity contribution < 1.29 is 17.9 Å². The number of carbonyl (C=O) groups excluding carboxylic acids is 1. The molecule has 2 N–H and O–H groups in total. The molecule has 0 aliphatic carbocycles. The van der Waals surface area contributed by atoms with Gasteiger partial charge in [-0.1, -0.05) is 11.6 Å². The van der Waals surface area contributed by atoms with Crippen molar-refractivity contribution in [3.63, 3.8) is 0 Å². The number of nitrogens with one attached hydrogen (secondary N) is 2. The van der Waals surface area contributed by atoms with E-state index in [1.54, 1.807) is 37.6 Å². The number of pyridine rings is 1. The van der Waals surface area contributed by atoms with Gasteiger partial charge in [0.15, 0.2) is 9.84 Å². The molecular weight excluding hydrogens is 378 g/mol. The molecule has 9 heteroatoms. The van der Waals surface area contributed by atoms with Crippen LogP contribution in [0.2, 0.25) is 5.02 Å². The van der Waals surface area contributed by atoms with Gasteiger partial charge in [-0.2, -0.15) is 0 Å². The summed E-state index contributed by atoms with van der Waals surface area (Å²) in [6.07, 6.45) is 3.43. The van der Waals surface area contributed by atoms with E-state index in [1.807, 2.05) is 0 Å². The lowest BCUT2D eigenvalue weighted by molar-refractivity contribution is 0.0941. The Labute approximate surface area is 156 Å². The summed E-state index contributed by atoms with van der Waals surface area (Å²) in [5, 5.41) is 6.40.